The zero-order chi connectivity index (χ0) is 16.9. The van der Waals surface area contributed by atoms with E-state index in [1.807, 2.05) is 4.90 Å². The van der Waals surface area contributed by atoms with Crippen molar-refractivity contribution in [2.24, 2.45) is 5.73 Å². The van der Waals surface area contributed by atoms with Crippen molar-refractivity contribution >= 4 is 5.91 Å². The maximum atomic E-state index is 12.6. The van der Waals surface area contributed by atoms with E-state index in [1.165, 1.54) is 38.4 Å². The summed E-state index contributed by atoms with van der Waals surface area (Å²) in [7, 11) is 0. The number of carbonyl (C=O) groups excluding carboxylic acids is 1. The van der Waals surface area contributed by atoms with Crippen LogP contribution in [-0.4, -0.2) is 59.0 Å². The predicted octanol–water partition coefficient (Wildman–Crippen LogP) is 0.722. The number of aromatic amines is 1. The van der Waals surface area contributed by atoms with Crippen LogP contribution in [0.5, 0.6) is 0 Å². The lowest BCUT2D eigenvalue weighted by Gasteiger charge is -2.40. The van der Waals surface area contributed by atoms with E-state index in [9.17, 15) is 9.59 Å². The average molecular weight is 332 g/mol. The molecule has 0 spiro atoms. The summed E-state index contributed by atoms with van der Waals surface area (Å²) in [5.74, 6) is 0.0262. The lowest BCUT2D eigenvalue weighted by atomic mass is 9.99. The quantitative estimate of drug-likeness (QED) is 0.851. The summed E-state index contributed by atoms with van der Waals surface area (Å²) in [6.45, 7) is 4.04. The average Bonchev–Trinajstić information content (AvgIpc) is 2.64. The molecule has 2 aliphatic rings. The molecule has 2 fully saturated rings. The number of pyridine rings is 1. The van der Waals surface area contributed by atoms with Crippen LogP contribution in [0, 0.1) is 0 Å². The molecule has 132 valence electrons. The smallest absolute Gasteiger partial charge is 0.247 e. The van der Waals surface area contributed by atoms with Crippen LogP contribution in [0.2, 0.25) is 0 Å². The fraction of sp³-hybridized carbons (Fsp3) is 0.667. The summed E-state index contributed by atoms with van der Waals surface area (Å²) in [5.41, 5.74) is 6.85. The number of nitrogens with zero attached hydrogens (tertiary/aromatic N) is 2. The third-order valence-electron chi connectivity index (χ3n) is 5.30. The van der Waals surface area contributed by atoms with Gasteiger partial charge in [0, 0.05) is 31.4 Å². The minimum atomic E-state index is -0.539. The molecule has 0 aliphatic carbocycles. The highest BCUT2D eigenvalue weighted by Crippen LogP contribution is 2.21. The lowest BCUT2D eigenvalue weighted by molar-refractivity contribution is -0.134. The Bertz CT molecular complexity index is 581. The van der Waals surface area contributed by atoms with Gasteiger partial charge >= 0.3 is 0 Å². The Balaban J connectivity index is 1.48. The van der Waals surface area contributed by atoms with E-state index >= 15 is 0 Å². The lowest BCUT2D eigenvalue weighted by Crippen LogP contribution is -2.52. The number of hydrogen-bond donors (Lipinski definition) is 2. The predicted molar refractivity (Wildman–Crippen MR) is 93.8 cm³/mol. The number of aromatic nitrogens is 1. The number of piperidine rings is 2. The van der Waals surface area contributed by atoms with Crippen molar-refractivity contribution in [2.45, 2.75) is 50.6 Å². The maximum absolute atomic E-state index is 12.6. The molecule has 1 unspecified atom stereocenters. The van der Waals surface area contributed by atoms with E-state index < -0.39 is 6.04 Å². The number of likely N-dealkylation sites (tertiary alicyclic amines) is 2. The first kappa shape index (κ1) is 17.2. The van der Waals surface area contributed by atoms with Crippen LogP contribution < -0.4 is 11.3 Å². The summed E-state index contributed by atoms with van der Waals surface area (Å²) in [4.78, 5) is 30.8. The zero-order valence-electron chi connectivity index (χ0n) is 14.2. The van der Waals surface area contributed by atoms with Crippen LogP contribution in [0.15, 0.2) is 23.1 Å². The fourth-order valence-electron chi connectivity index (χ4n) is 3.88. The molecule has 1 amide bonds. The normalized spacial score (nSPS) is 21.6. The first-order chi connectivity index (χ1) is 11.6. The zero-order valence-corrected chi connectivity index (χ0v) is 14.2. The summed E-state index contributed by atoms with van der Waals surface area (Å²) in [5, 5.41) is 0. The fourth-order valence-corrected chi connectivity index (χ4v) is 3.88. The summed E-state index contributed by atoms with van der Waals surface area (Å²) < 4.78 is 0. The molecule has 0 radical (unpaired) electrons. The molecule has 1 atom stereocenters. The Morgan fingerprint density at radius 3 is 2.50 bits per heavy atom. The van der Waals surface area contributed by atoms with Crippen LogP contribution in [0.4, 0.5) is 0 Å². The van der Waals surface area contributed by atoms with Gasteiger partial charge in [-0.1, -0.05) is 12.5 Å². The molecule has 6 nitrogen and oxygen atoms in total. The van der Waals surface area contributed by atoms with Crippen LogP contribution in [0.25, 0.3) is 0 Å². The molecule has 2 saturated heterocycles. The van der Waals surface area contributed by atoms with Gasteiger partial charge in [-0.05, 0) is 50.8 Å². The van der Waals surface area contributed by atoms with Gasteiger partial charge < -0.3 is 20.5 Å². The monoisotopic (exact) mass is 332 g/mol. The van der Waals surface area contributed by atoms with E-state index in [2.05, 4.69) is 9.88 Å². The number of nitrogens with two attached hydrogens (primary N) is 1. The third-order valence-corrected chi connectivity index (χ3v) is 5.30. The molecule has 6 heteroatoms. The first-order valence-corrected chi connectivity index (χ1v) is 9.09. The Hall–Kier alpha value is -1.66. The van der Waals surface area contributed by atoms with Gasteiger partial charge in [-0.3, -0.25) is 9.59 Å². The van der Waals surface area contributed by atoms with Crippen LogP contribution in [-0.2, 0) is 11.2 Å². The van der Waals surface area contributed by atoms with Gasteiger partial charge in [-0.2, -0.15) is 0 Å². The molecular weight excluding hydrogens is 304 g/mol. The van der Waals surface area contributed by atoms with Crippen molar-refractivity contribution in [1.82, 2.24) is 14.8 Å². The first-order valence-electron chi connectivity index (χ1n) is 9.09. The molecule has 2 aliphatic heterocycles. The Kier molecular flexibility index (Phi) is 5.68. The molecule has 0 aromatic carbocycles. The highest BCUT2D eigenvalue weighted by molar-refractivity contribution is 5.82. The minimum absolute atomic E-state index is 0.0262. The van der Waals surface area contributed by atoms with Crippen molar-refractivity contribution in [1.29, 1.82) is 0 Å². The van der Waals surface area contributed by atoms with E-state index in [0.29, 0.717) is 12.5 Å². The van der Waals surface area contributed by atoms with E-state index in [1.54, 1.807) is 12.3 Å². The molecular formula is C18H28N4O2. The number of carbonyl (C=O) groups is 1. The molecule has 1 aromatic heterocycles. The summed E-state index contributed by atoms with van der Waals surface area (Å²) in [6, 6.07) is 3.29. The maximum Gasteiger partial charge on any atom is 0.247 e. The van der Waals surface area contributed by atoms with Crippen molar-refractivity contribution in [2.75, 3.05) is 26.2 Å². The van der Waals surface area contributed by atoms with Gasteiger partial charge in [0.05, 0.1) is 6.04 Å². The largest absolute Gasteiger partial charge is 0.341 e. The van der Waals surface area contributed by atoms with E-state index in [4.69, 9.17) is 5.73 Å². The van der Waals surface area contributed by atoms with Crippen molar-refractivity contribution < 1.29 is 4.79 Å². The van der Waals surface area contributed by atoms with Crippen molar-refractivity contribution in [3.05, 3.63) is 34.2 Å². The second-order valence-electron chi connectivity index (χ2n) is 7.02. The molecule has 3 rings (SSSR count). The number of H-pyrrole nitrogens is 1. The SMILES string of the molecule is NC(Cc1ccc(=O)[nH]c1)C(=O)N1CCC(N2CCCCC2)CC1. The Morgan fingerprint density at radius 1 is 1.17 bits per heavy atom. The summed E-state index contributed by atoms with van der Waals surface area (Å²) in [6.07, 6.45) is 8.17. The molecule has 0 bridgehead atoms. The van der Waals surface area contributed by atoms with Crippen LogP contribution in [0.1, 0.15) is 37.7 Å². The number of nitrogens with one attached hydrogen (secondary N) is 1. The second-order valence-corrected chi connectivity index (χ2v) is 7.02. The standard InChI is InChI=1S/C18H28N4O2/c19-16(12-14-4-5-17(23)20-13-14)18(24)22-10-6-15(7-11-22)21-8-2-1-3-9-21/h4-5,13,15-16H,1-3,6-12,19H2,(H,20,23). The topological polar surface area (TPSA) is 82.4 Å². The Morgan fingerprint density at radius 2 is 1.88 bits per heavy atom. The van der Waals surface area contributed by atoms with E-state index in [-0.39, 0.29) is 11.5 Å². The van der Waals surface area contributed by atoms with Gasteiger partial charge in [-0.25, -0.2) is 0 Å². The third kappa shape index (κ3) is 4.24. The Labute approximate surface area is 143 Å². The van der Waals surface area contributed by atoms with Crippen molar-refractivity contribution in [3.63, 3.8) is 0 Å². The molecule has 3 N–H and O–H groups in total. The van der Waals surface area contributed by atoms with Gasteiger partial charge in [0.15, 0.2) is 0 Å². The molecule has 1 aromatic rings. The number of rotatable bonds is 4. The van der Waals surface area contributed by atoms with Gasteiger partial charge in [-0.15, -0.1) is 0 Å². The molecule has 24 heavy (non-hydrogen) atoms. The molecule has 0 saturated carbocycles. The van der Waals surface area contributed by atoms with E-state index in [0.717, 1.165) is 31.5 Å². The number of hydrogen-bond acceptors (Lipinski definition) is 4. The van der Waals surface area contributed by atoms with Crippen molar-refractivity contribution in [3.8, 4) is 0 Å². The highest BCUT2D eigenvalue weighted by atomic mass is 16.2. The van der Waals surface area contributed by atoms with Crippen LogP contribution in [0.3, 0.4) is 0 Å². The second kappa shape index (κ2) is 7.94. The summed E-state index contributed by atoms with van der Waals surface area (Å²) >= 11 is 0. The van der Waals surface area contributed by atoms with Gasteiger partial charge in [0.2, 0.25) is 11.5 Å². The van der Waals surface area contributed by atoms with Gasteiger partial charge in [0.1, 0.15) is 0 Å². The molecule has 3 heterocycles. The highest BCUT2D eigenvalue weighted by Gasteiger charge is 2.29. The number of amides is 1. The van der Waals surface area contributed by atoms with Crippen LogP contribution >= 0.6 is 0 Å². The van der Waals surface area contributed by atoms with Gasteiger partial charge in [0.25, 0.3) is 0 Å². The minimum Gasteiger partial charge on any atom is -0.341 e.